The van der Waals surface area contributed by atoms with Crippen LogP contribution in [-0.2, 0) is 6.18 Å². The highest BCUT2D eigenvalue weighted by Gasteiger charge is 2.30. The monoisotopic (exact) mass is 376 g/mol. The summed E-state index contributed by atoms with van der Waals surface area (Å²) < 4.78 is 41.8. The molecule has 0 saturated carbocycles. The third kappa shape index (κ3) is 3.94. The summed E-state index contributed by atoms with van der Waals surface area (Å²) in [5.74, 6) is -0.232. The van der Waals surface area contributed by atoms with Crippen molar-refractivity contribution in [2.45, 2.75) is 6.18 Å². The Morgan fingerprint density at radius 3 is 2.46 bits per heavy atom. The SMILES string of the molecule is C=Cc1ccc(-c2nsc(NC(=O)c3ccc(C(F)(F)F)cc3)n2)nc1. The van der Waals surface area contributed by atoms with Gasteiger partial charge in [-0.1, -0.05) is 18.7 Å². The van der Waals surface area contributed by atoms with Crippen LogP contribution in [0.15, 0.2) is 49.2 Å². The van der Waals surface area contributed by atoms with E-state index in [0.29, 0.717) is 11.5 Å². The van der Waals surface area contributed by atoms with Crippen molar-refractivity contribution in [2.24, 2.45) is 0 Å². The molecule has 0 saturated heterocycles. The maximum atomic E-state index is 12.6. The molecule has 0 radical (unpaired) electrons. The molecule has 1 N–H and O–H groups in total. The fourth-order valence-electron chi connectivity index (χ4n) is 2.02. The molecule has 9 heteroatoms. The Morgan fingerprint density at radius 1 is 1.15 bits per heavy atom. The molecule has 0 aliphatic heterocycles. The summed E-state index contributed by atoms with van der Waals surface area (Å²) in [4.78, 5) is 20.5. The second-order valence-corrected chi connectivity index (χ2v) is 5.89. The summed E-state index contributed by atoms with van der Waals surface area (Å²) in [6.45, 7) is 3.64. The average Bonchev–Trinajstić information content (AvgIpc) is 3.09. The number of anilines is 1. The van der Waals surface area contributed by atoms with Crippen LogP contribution < -0.4 is 5.32 Å². The maximum absolute atomic E-state index is 12.6. The molecule has 26 heavy (non-hydrogen) atoms. The van der Waals surface area contributed by atoms with Gasteiger partial charge in [-0.3, -0.25) is 15.1 Å². The predicted molar refractivity (Wildman–Crippen MR) is 92.6 cm³/mol. The molecule has 0 bridgehead atoms. The number of amides is 1. The van der Waals surface area contributed by atoms with Crippen molar-refractivity contribution in [3.8, 4) is 11.5 Å². The number of nitrogens with zero attached hydrogens (tertiary/aromatic N) is 3. The number of aromatic nitrogens is 3. The molecule has 2 heterocycles. The molecular formula is C17H11F3N4OS. The second-order valence-electron chi connectivity index (χ2n) is 5.13. The van der Waals surface area contributed by atoms with Crippen LogP contribution in [0.3, 0.4) is 0 Å². The molecule has 3 aromatic rings. The van der Waals surface area contributed by atoms with E-state index < -0.39 is 17.6 Å². The number of carbonyl (C=O) groups excluding carboxylic acids is 1. The van der Waals surface area contributed by atoms with Crippen molar-refractivity contribution in [1.29, 1.82) is 0 Å². The van der Waals surface area contributed by atoms with Crippen LogP contribution in [0.25, 0.3) is 17.6 Å². The van der Waals surface area contributed by atoms with Crippen molar-refractivity contribution in [3.05, 3.63) is 65.9 Å². The number of halogens is 3. The van der Waals surface area contributed by atoms with Gasteiger partial charge in [0.1, 0.15) is 5.69 Å². The fraction of sp³-hybridized carbons (Fsp3) is 0.0588. The standard InChI is InChI=1S/C17H11F3N4OS/c1-2-10-3-8-13(21-9-10)14-22-16(26-24-14)23-15(25)11-4-6-12(7-5-11)17(18,19)20/h2-9H,1H2,(H,22,23,24,25). The Hall–Kier alpha value is -3.07. The molecule has 5 nitrogen and oxygen atoms in total. The third-order valence-electron chi connectivity index (χ3n) is 3.37. The molecule has 0 aliphatic rings. The van der Waals surface area contributed by atoms with E-state index in [-0.39, 0.29) is 10.7 Å². The minimum atomic E-state index is -4.45. The van der Waals surface area contributed by atoms with Gasteiger partial charge in [-0.15, -0.1) is 0 Å². The number of nitrogens with one attached hydrogen (secondary N) is 1. The fourth-order valence-corrected chi connectivity index (χ4v) is 2.59. The molecule has 1 aromatic carbocycles. The van der Waals surface area contributed by atoms with Crippen molar-refractivity contribution in [1.82, 2.24) is 14.3 Å². The third-order valence-corrected chi connectivity index (χ3v) is 4.00. The van der Waals surface area contributed by atoms with E-state index in [0.717, 1.165) is 41.4 Å². The van der Waals surface area contributed by atoms with Crippen molar-refractivity contribution < 1.29 is 18.0 Å². The summed E-state index contributed by atoms with van der Waals surface area (Å²) in [5, 5.41) is 2.73. The zero-order valence-corrected chi connectivity index (χ0v) is 13.9. The highest BCUT2D eigenvalue weighted by Crippen LogP contribution is 2.29. The van der Waals surface area contributed by atoms with Crippen molar-refractivity contribution in [2.75, 3.05) is 5.32 Å². The molecule has 0 spiro atoms. The Morgan fingerprint density at radius 2 is 1.88 bits per heavy atom. The lowest BCUT2D eigenvalue weighted by molar-refractivity contribution is -0.137. The zero-order valence-electron chi connectivity index (χ0n) is 13.1. The Labute approximate surface area is 150 Å². The van der Waals surface area contributed by atoms with Crippen LogP contribution in [0.4, 0.5) is 18.3 Å². The number of hydrogen-bond donors (Lipinski definition) is 1. The van der Waals surface area contributed by atoms with Gasteiger partial charge in [0.15, 0.2) is 5.82 Å². The lowest BCUT2D eigenvalue weighted by Crippen LogP contribution is -2.12. The van der Waals surface area contributed by atoms with Gasteiger partial charge < -0.3 is 0 Å². The largest absolute Gasteiger partial charge is 0.416 e. The van der Waals surface area contributed by atoms with Gasteiger partial charge in [0.25, 0.3) is 5.91 Å². The van der Waals surface area contributed by atoms with E-state index in [9.17, 15) is 18.0 Å². The van der Waals surface area contributed by atoms with E-state index in [4.69, 9.17) is 0 Å². The summed E-state index contributed by atoms with van der Waals surface area (Å²) in [7, 11) is 0. The van der Waals surface area contributed by atoms with E-state index >= 15 is 0 Å². The van der Waals surface area contributed by atoms with E-state index in [1.165, 1.54) is 0 Å². The first-order valence-electron chi connectivity index (χ1n) is 7.28. The van der Waals surface area contributed by atoms with Crippen LogP contribution >= 0.6 is 11.5 Å². The van der Waals surface area contributed by atoms with Gasteiger partial charge in [0.2, 0.25) is 5.13 Å². The minimum absolute atomic E-state index is 0.0863. The number of benzene rings is 1. The molecule has 2 aromatic heterocycles. The number of rotatable bonds is 4. The number of pyridine rings is 1. The van der Waals surface area contributed by atoms with Gasteiger partial charge in [-0.2, -0.15) is 22.5 Å². The zero-order chi connectivity index (χ0) is 18.7. The van der Waals surface area contributed by atoms with Gasteiger partial charge in [-0.25, -0.2) is 0 Å². The second kappa shape index (κ2) is 7.04. The predicted octanol–water partition coefficient (Wildman–Crippen LogP) is 4.51. The van der Waals surface area contributed by atoms with E-state index in [1.54, 1.807) is 24.4 Å². The summed E-state index contributed by atoms with van der Waals surface area (Å²) in [6, 6.07) is 7.44. The highest BCUT2D eigenvalue weighted by atomic mass is 32.1. The van der Waals surface area contributed by atoms with Crippen LogP contribution in [0.1, 0.15) is 21.5 Å². The van der Waals surface area contributed by atoms with E-state index in [2.05, 4.69) is 26.2 Å². The van der Waals surface area contributed by atoms with Crippen molar-refractivity contribution in [3.63, 3.8) is 0 Å². The highest BCUT2D eigenvalue weighted by molar-refractivity contribution is 7.10. The number of hydrogen-bond acceptors (Lipinski definition) is 5. The molecule has 3 rings (SSSR count). The van der Waals surface area contributed by atoms with Crippen LogP contribution in [0.5, 0.6) is 0 Å². The van der Waals surface area contributed by atoms with Gasteiger partial charge in [-0.05, 0) is 35.9 Å². The lowest BCUT2D eigenvalue weighted by Gasteiger charge is -2.07. The smallest absolute Gasteiger partial charge is 0.297 e. The van der Waals surface area contributed by atoms with Crippen LogP contribution in [0.2, 0.25) is 0 Å². The number of alkyl halides is 3. The van der Waals surface area contributed by atoms with Crippen molar-refractivity contribution >= 4 is 28.6 Å². The Bertz CT molecular complexity index is 934. The molecule has 132 valence electrons. The normalized spacial score (nSPS) is 11.2. The van der Waals surface area contributed by atoms with Gasteiger partial charge >= 0.3 is 6.18 Å². The maximum Gasteiger partial charge on any atom is 0.416 e. The first-order chi connectivity index (χ1) is 12.4. The quantitative estimate of drug-likeness (QED) is 0.727. The van der Waals surface area contributed by atoms with E-state index in [1.807, 2.05) is 0 Å². The van der Waals surface area contributed by atoms with Gasteiger partial charge in [0.05, 0.1) is 5.56 Å². The summed E-state index contributed by atoms with van der Waals surface area (Å²) in [6.07, 6.45) is -1.18. The topological polar surface area (TPSA) is 67.8 Å². The van der Waals surface area contributed by atoms with Gasteiger partial charge in [0, 0.05) is 23.3 Å². The number of carbonyl (C=O) groups is 1. The first-order valence-corrected chi connectivity index (χ1v) is 8.05. The molecule has 0 fully saturated rings. The molecule has 1 amide bonds. The Balaban J connectivity index is 1.72. The molecule has 0 atom stereocenters. The average molecular weight is 376 g/mol. The van der Waals surface area contributed by atoms with Crippen LogP contribution in [-0.4, -0.2) is 20.2 Å². The molecule has 0 unspecified atom stereocenters. The summed E-state index contributed by atoms with van der Waals surface area (Å²) >= 11 is 0.952. The molecule has 0 aliphatic carbocycles. The minimum Gasteiger partial charge on any atom is -0.297 e. The lowest BCUT2D eigenvalue weighted by atomic mass is 10.1. The summed E-state index contributed by atoms with van der Waals surface area (Å²) in [5.41, 5.74) is 0.645. The first kappa shape index (κ1) is 17.7. The van der Waals surface area contributed by atoms with Crippen LogP contribution in [0, 0.1) is 0 Å². The molecular weight excluding hydrogens is 365 g/mol. The Kier molecular flexibility index (Phi) is 4.81.